The monoisotopic (exact) mass is 208 g/mol. The van der Waals surface area contributed by atoms with Crippen molar-refractivity contribution < 1.29 is 9.90 Å². The standard InChI is InChI=1S/C11H12O2S/c1-8(11(12)13)7-9-3-5-10(14-2)6-4-9/h3-6H,1,7H2,2H3,(H,12,13). The van der Waals surface area contributed by atoms with Gasteiger partial charge in [0.05, 0.1) is 0 Å². The zero-order valence-corrected chi connectivity index (χ0v) is 8.80. The van der Waals surface area contributed by atoms with Crippen molar-refractivity contribution in [2.24, 2.45) is 0 Å². The molecule has 0 aromatic heterocycles. The Balaban J connectivity index is 2.69. The number of benzene rings is 1. The highest BCUT2D eigenvalue weighted by molar-refractivity contribution is 7.98. The van der Waals surface area contributed by atoms with Crippen molar-refractivity contribution in [2.45, 2.75) is 11.3 Å². The van der Waals surface area contributed by atoms with E-state index in [-0.39, 0.29) is 5.57 Å². The molecule has 1 N–H and O–H groups in total. The Bertz CT molecular complexity index is 341. The van der Waals surface area contributed by atoms with Crippen molar-refractivity contribution >= 4 is 17.7 Å². The molecule has 0 radical (unpaired) electrons. The molecule has 1 aromatic rings. The predicted octanol–water partition coefficient (Wildman–Crippen LogP) is 2.59. The largest absolute Gasteiger partial charge is 0.478 e. The molecular formula is C11H12O2S. The predicted molar refractivity (Wildman–Crippen MR) is 58.7 cm³/mol. The Morgan fingerprint density at radius 1 is 1.43 bits per heavy atom. The average Bonchev–Trinajstić information content (AvgIpc) is 2.19. The van der Waals surface area contributed by atoms with Gasteiger partial charge >= 0.3 is 5.97 Å². The molecule has 1 aromatic carbocycles. The minimum Gasteiger partial charge on any atom is -0.478 e. The summed E-state index contributed by atoms with van der Waals surface area (Å²) in [4.78, 5) is 11.7. The van der Waals surface area contributed by atoms with Gasteiger partial charge in [0.2, 0.25) is 0 Å². The average molecular weight is 208 g/mol. The Morgan fingerprint density at radius 2 is 2.00 bits per heavy atom. The fraction of sp³-hybridized carbons (Fsp3) is 0.182. The van der Waals surface area contributed by atoms with Gasteiger partial charge in [-0.05, 0) is 24.0 Å². The molecule has 0 heterocycles. The first kappa shape index (κ1) is 10.9. The molecule has 0 aliphatic rings. The van der Waals surface area contributed by atoms with Gasteiger partial charge in [-0.25, -0.2) is 4.79 Å². The van der Waals surface area contributed by atoms with E-state index in [1.165, 1.54) is 4.90 Å². The van der Waals surface area contributed by atoms with E-state index in [9.17, 15) is 4.79 Å². The van der Waals surface area contributed by atoms with Crippen LogP contribution in [0.5, 0.6) is 0 Å². The number of hydrogen-bond acceptors (Lipinski definition) is 2. The molecule has 1 rings (SSSR count). The maximum atomic E-state index is 10.5. The van der Waals surface area contributed by atoms with Gasteiger partial charge in [-0.3, -0.25) is 0 Å². The van der Waals surface area contributed by atoms with Gasteiger partial charge in [0.1, 0.15) is 0 Å². The van der Waals surface area contributed by atoms with E-state index in [0.717, 1.165) is 5.56 Å². The van der Waals surface area contributed by atoms with Crippen molar-refractivity contribution in [3.05, 3.63) is 42.0 Å². The Kier molecular flexibility index (Phi) is 3.77. The van der Waals surface area contributed by atoms with Gasteiger partial charge in [0.15, 0.2) is 0 Å². The second-order valence-electron chi connectivity index (χ2n) is 2.93. The van der Waals surface area contributed by atoms with Crippen LogP contribution in [-0.2, 0) is 11.2 Å². The summed E-state index contributed by atoms with van der Waals surface area (Å²) in [5.41, 5.74) is 1.21. The molecule has 0 atom stereocenters. The maximum Gasteiger partial charge on any atom is 0.331 e. The summed E-state index contributed by atoms with van der Waals surface area (Å²) in [6.45, 7) is 3.49. The molecule has 0 saturated heterocycles. The first-order valence-corrected chi connectivity index (χ1v) is 5.40. The third-order valence-electron chi connectivity index (χ3n) is 1.88. The third kappa shape index (κ3) is 2.92. The van der Waals surface area contributed by atoms with Gasteiger partial charge in [-0.1, -0.05) is 18.7 Å². The molecule has 0 saturated carbocycles. The zero-order chi connectivity index (χ0) is 10.6. The summed E-state index contributed by atoms with van der Waals surface area (Å²) >= 11 is 1.66. The number of carbonyl (C=O) groups is 1. The fourth-order valence-corrected chi connectivity index (χ4v) is 1.47. The van der Waals surface area contributed by atoms with E-state index in [1.807, 2.05) is 30.5 Å². The fourth-order valence-electron chi connectivity index (χ4n) is 1.07. The molecule has 74 valence electrons. The zero-order valence-electron chi connectivity index (χ0n) is 7.99. The van der Waals surface area contributed by atoms with Crippen molar-refractivity contribution in [3.8, 4) is 0 Å². The molecule has 0 fully saturated rings. The van der Waals surface area contributed by atoms with Crippen LogP contribution in [0.2, 0.25) is 0 Å². The summed E-state index contributed by atoms with van der Waals surface area (Å²) in [7, 11) is 0. The highest BCUT2D eigenvalue weighted by Gasteiger charge is 2.04. The van der Waals surface area contributed by atoms with Crippen LogP contribution in [0.1, 0.15) is 5.56 Å². The van der Waals surface area contributed by atoms with Crippen molar-refractivity contribution in [1.82, 2.24) is 0 Å². The normalized spacial score (nSPS) is 9.79. The highest BCUT2D eigenvalue weighted by atomic mass is 32.2. The van der Waals surface area contributed by atoms with Crippen LogP contribution < -0.4 is 0 Å². The second kappa shape index (κ2) is 4.86. The summed E-state index contributed by atoms with van der Waals surface area (Å²) in [5.74, 6) is -0.932. The van der Waals surface area contributed by atoms with Gasteiger partial charge < -0.3 is 5.11 Å². The quantitative estimate of drug-likeness (QED) is 0.610. The topological polar surface area (TPSA) is 37.3 Å². The number of rotatable bonds is 4. The van der Waals surface area contributed by atoms with Crippen LogP contribution in [0.25, 0.3) is 0 Å². The molecule has 0 bridgehead atoms. The lowest BCUT2D eigenvalue weighted by molar-refractivity contribution is -0.132. The lowest BCUT2D eigenvalue weighted by Crippen LogP contribution is -2.01. The SMILES string of the molecule is C=C(Cc1ccc(SC)cc1)C(=O)O. The highest BCUT2D eigenvalue weighted by Crippen LogP contribution is 2.16. The Morgan fingerprint density at radius 3 is 2.43 bits per heavy atom. The van der Waals surface area contributed by atoms with Gasteiger partial charge in [0, 0.05) is 16.9 Å². The molecular weight excluding hydrogens is 196 g/mol. The molecule has 0 aliphatic carbocycles. The lowest BCUT2D eigenvalue weighted by Gasteiger charge is -2.02. The maximum absolute atomic E-state index is 10.5. The number of hydrogen-bond donors (Lipinski definition) is 1. The number of aliphatic carboxylic acids is 1. The van der Waals surface area contributed by atoms with Crippen molar-refractivity contribution in [1.29, 1.82) is 0 Å². The van der Waals surface area contributed by atoms with Crippen LogP contribution in [0.3, 0.4) is 0 Å². The summed E-state index contributed by atoms with van der Waals surface area (Å²) in [6.07, 6.45) is 2.41. The van der Waals surface area contributed by atoms with Crippen LogP contribution in [0.4, 0.5) is 0 Å². The van der Waals surface area contributed by atoms with Gasteiger partial charge in [-0.15, -0.1) is 11.8 Å². The van der Waals surface area contributed by atoms with E-state index in [0.29, 0.717) is 6.42 Å². The Hall–Kier alpha value is -1.22. The van der Waals surface area contributed by atoms with E-state index in [2.05, 4.69) is 6.58 Å². The molecule has 0 unspecified atom stereocenters. The van der Waals surface area contributed by atoms with E-state index in [4.69, 9.17) is 5.11 Å². The lowest BCUT2D eigenvalue weighted by atomic mass is 10.1. The molecule has 0 spiro atoms. The Labute approximate surface area is 87.6 Å². The van der Waals surface area contributed by atoms with Crippen LogP contribution >= 0.6 is 11.8 Å². The van der Waals surface area contributed by atoms with Gasteiger partial charge in [0.25, 0.3) is 0 Å². The molecule has 3 heteroatoms. The molecule has 14 heavy (non-hydrogen) atoms. The number of thioether (sulfide) groups is 1. The van der Waals surface area contributed by atoms with Gasteiger partial charge in [-0.2, -0.15) is 0 Å². The van der Waals surface area contributed by atoms with Crippen LogP contribution in [0, 0.1) is 0 Å². The summed E-state index contributed by atoms with van der Waals surface area (Å²) in [6, 6.07) is 7.82. The molecule has 0 amide bonds. The second-order valence-corrected chi connectivity index (χ2v) is 3.81. The van der Waals surface area contributed by atoms with Crippen LogP contribution in [-0.4, -0.2) is 17.3 Å². The van der Waals surface area contributed by atoms with Crippen molar-refractivity contribution in [3.63, 3.8) is 0 Å². The molecule has 2 nitrogen and oxygen atoms in total. The molecule has 0 aliphatic heterocycles. The van der Waals surface area contributed by atoms with E-state index in [1.54, 1.807) is 11.8 Å². The number of carboxylic acids is 1. The third-order valence-corrected chi connectivity index (χ3v) is 2.62. The minimum absolute atomic E-state index is 0.224. The smallest absolute Gasteiger partial charge is 0.331 e. The van der Waals surface area contributed by atoms with Crippen molar-refractivity contribution in [2.75, 3.05) is 6.26 Å². The summed E-state index contributed by atoms with van der Waals surface area (Å²) < 4.78 is 0. The van der Waals surface area contributed by atoms with Crippen LogP contribution in [0.15, 0.2) is 41.3 Å². The van der Waals surface area contributed by atoms with E-state index >= 15 is 0 Å². The van der Waals surface area contributed by atoms with E-state index < -0.39 is 5.97 Å². The first-order chi connectivity index (χ1) is 6.63. The first-order valence-electron chi connectivity index (χ1n) is 4.17. The summed E-state index contributed by atoms with van der Waals surface area (Å²) in [5, 5.41) is 8.64. The number of carboxylic acid groups (broad SMARTS) is 1. The minimum atomic E-state index is -0.932.